The zero-order valence-corrected chi connectivity index (χ0v) is 22.7. The number of hydrogen-bond donors (Lipinski definition) is 2. The monoisotopic (exact) mass is 552 g/mol. The molecule has 0 spiro atoms. The number of nitrogens with two attached hydrogens (primary N) is 1. The third-order valence-corrected chi connectivity index (χ3v) is 7.80. The fraction of sp³-hybridized carbons (Fsp3) is 0.129. The Labute approximate surface area is 233 Å². The van der Waals surface area contributed by atoms with Crippen LogP contribution >= 0.6 is 11.6 Å². The molecule has 0 aliphatic carbocycles. The van der Waals surface area contributed by atoms with Gasteiger partial charge in [0.15, 0.2) is 0 Å². The Hall–Kier alpha value is -4.66. The van der Waals surface area contributed by atoms with Crippen molar-refractivity contribution in [2.75, 3.05) is 0 Å². The Morgan fingerprint density at radius 3 is 2.25 bits per heavy atom. The van der Waals surface area contributed by atoms with Crippen LogP contribution in [0.2, 0.25) is 5.02 Å². The maximum atomic E-state index is 13.5. The summed E-state index contributed by atoms with van der Waals surface area (Å²) in [5, 5.41) is 12.6. The van der Waals surface area contributed by atoms with Gasteiger partial charge in [-0.15, -0.1) is 0 Å². The van der Waals surface area contributed by atoms with E-state index in [2.05, 4.69) is 0 Å². The predicted octanol–water partition coefficient (Wildman–Crippen LogP) is 5.27. The molecular formula is C31H25ClN4O4. The summed E-state index contributed by atoms with van der Waals surface area (Å²) in [6, 6.07) is 22.2. The number of amides is 1. The Morgan fingerprint density at radius 1 is 0.850 bits per heavy atom. The maximum Gasteiger partial charge on any atom is 0.335 e. The first-order valence-corrected chi connectivity index (χ1v) is 13.0. The number of fused-ring (bicyclic) bond motifs is 4. The second-order valence-electron chi connectivity index (χ2n) is 10.3. The minimum absolute atomic E-state index is 0.206. The molecule has 6 rings (SSSR count). The van der Waals surface area contributed by atoms with Crippen molar-refractivity contribution in [2.45, 2.75) is 19.4 Å². The van der Waals surface area contributed by atoms with Crippen LogP contribution in [0, 0.1) is 0 Å². The SMILES string of the molecule is Cn1c(=O)n(-c2cccc(-c3cccc4c3c3ccc(C(C)(C)O)cc3n4C(N)=O)c2Cl)c(=O)c2ccccc21. The molecule has 4 aromatic carbocycles. The fourth-order valence-corrected chi connectivity index (χ4v) is 5.74. The van der Waals surface area contributed by atoms with E-state index in [4.69, 9.17) is 17.3 Å². The van der Waals surface area contributed by atoms with Crippen molar-refractivity contribution in [1.29, 1.82) is 0 Å². The van der Waals surface area contributed by atoms with Gasteiger partial charge in [0.2, 0.25) is 0 Å². The molecule has 0 radical (unpaired) electrons. The van der Waals surface area contributed by atoms with Crippen molar-refractivity contribution < 1.29 is 9.90 Å². The number of aromatic nitrogens is 3. The topological polar surface area (TPSA) is 112 Å². The van der Waals surface area contributed by atoms with Crippen LogP contribution in [0.15, 0.2) is 88.5 Å². The summed E-state index contributed by atoms with van der Waals surface area (Å²) in [7, 11) is 1.61. The van der Waals surface area contributed by atoms with Crippen molar-refractivity contribution in [2.24, 2.45) is 12.8 Å². The molecule has 40 heavy (non-hydrogen) atoms. The molecule has 2 aromatic heterocycles. The van der Waals surface area contributed by atoms with Crippen molar-refractivity contribution in [3.8, 4) is 16.8 Å². The quantitative estimate of drug-likeness (QED) is 0.311. The molecule has 8 nitrogen and oxygen atoms in total. The van der Waals surface area contributed by atoms with E-state index in [1.165, 1.54) is 9.13 Å². The molecule has 0 aliphatic rings. The summed E-state index contributed by atoms with van der Waals surface area (Å²) in [6.07, 6.45) is 0. The lowest BCUT2D eigenvalue weighted by Gasteiger charge is -2.18. The number of carbonyl (C=O) groups excluding carboxylic acids is 1. The van der Waals surface area contributed by atoms with E-state index in [1.807, 2.05) is 12.1 Å². The molecule has 0 fully saturated rings. The maximum absolute atomic E-state index is 13.5. The van der Waals surface area contributed by atoms with Crippen LogP contribution in [0.1, 0.15) is 19.4 Å². The van der Waals surface area contributed by atoms with Gasteiger partial charge < -0.3 is 10.8 Å². The zero-order valence-electron chi connectivity index (χ0n) is 22.0. The lowest BCUT2D eigenvalue weighted by molar-refractivity contribution is 0.0787. The smallest absolute Gasteiger partial charge is 0.335 e. The molecule has 0 saturated heterocycles. The fourth-order valence-electron chi connectivity index (χ4n) is 5.43. The number of aryl methyl sites for hydroxylation is 1. The molecule has 0 atom stereocenters. The third-order valence-electron chi connectivity index (χ3n) is 7.40. The highest BCUT2D eigenvalue weighted by atomic mass is 35.5. The molecule has 0 unspecified atom stereocenters. The van der Waals surface area contributed by atoms with Crippen molar-refractivity contribution in [1.82, 2.24) is 13.7 Å². The Balaban J connectivity index is 1.68. The number of primary amides is 1. The number of para-hydroxylation sites is 1. The van der Waals surface area contributed by atoms with Crippen molar-refractivity contribution in [3.63, 3.8) is 0 Å². The van der Waals surface area contributed by atoms with Crippen LogP contribution in [-0.4, -0.2) is 24.8 Å². The molecule has 200 valence electrons. The highest BCUT2D eigenvalue weighted by molar-refractivity contribution is 6.36. The number of rotatable bonds is 3. The van der Waals surface area contributed by atoms with Crippen LogP contribution in [0.4, 0.5) is 4.79 Å². The van der Waals surface area contributed by atoms with Gasteiger partial charge in [0.25, 0.3) is 5.56 Å². The second kappa shape index (κ2) is 8.94. The van der Waals surface area contributed by atoms with Gasteiger partial charge in [0.1, 0.15) is 0 Å². The first-order chi connectivity index (χ1) is 19.0. The van der Waals surface area contributed by atoms with Crippen LogP contribution in [-0.2, 0) is 12.6 Å². The number of carbonyl (C=O) groups is 1. The molecule has 3 N–H and O–H groups in total. The summed E-state index contributed by atoms with van der Waals surface area (Å²) in [5.41, 5.74) is 7.46. The molecule has 0 saturated carbocycles. The van der Waals surface area contributed by atoms with Gasteiger partial charge in [-0.3, -0.25) is 13.9 Å². The second-order valence-corrected chi connectivity index (χ2v) is 10.7. The standard InChI is InChI=1S/C31H25ClN4O4/c1-31(2,40)17-14-15-20-25(16-17)35(29(33)38)23-12-6-9-18(26(20)23)19-10-7-13-24(27(19)32)36-28(37)21-8-4-5-11-22(21)34(3)30(36)39/h4-16,40H,1-3H3,(H2,33,38). The predicted molar refractivity (Wildman–Crippen MR) is 158 cm³/mol. The van der Waals surface area contributed by atoms with E-state index >= 15 is 0 Å². The van der Waals surface area contributed by atoms with E-state index in [0.29, 0.717) is 38.6 Å². The van der Waals surface area contributed by atoms with Gasteiger partial charge in [-0.1, -0.05) is 60.1 Å². The van der Waals surface area contributed by atoms with Gasteiger partial charge in [-0.05, 0) is 55.3 Å². The molecule has 2 heterocycles. The minimum atomic E-state index is -1.13. The van der Waals surface area contributed by atoms with Crippen molar-refractivity contribution >= 4 is 50.3 Å². The summed E-state index contributed by atoms with van der Waals surface area (Å²) in [5.74, 6) is 0. The number of hydrogen-bond acceptors (Lipinski definition) is 4. The molecule has 0 bridgehead atoms. The number of nitrogens with zero attached hydrogens (tertiary/aromatic N) is 3. The minimum Gasteiger partial charge on any atom is -0.386 e. The van der Waals surface area contributed by atoms with Crippen LogP contribution in [0.25, 0.3) is 49.5 Å². The first-order valence-electron chi connectivity index (χ1n) is 12.6. The van der Waals surface area contributed by atoms with Gasteiger partial charge in [-0.2, -0.15) is 0 Å². The molecule has 9 heteroatoms. The van der Waals surface area contributed by atoms with Crippen LogP contribution < -0.4 is 17.0 Å². The van der Waals surface area contributed by atoms with Crippen LogP contribution in [0.3, 0.4) is 0 Å². The average molecular weight is 553 g/mol. The number of halogens is 1. The van der Waals surface area contributed by atoms with Crippen LogP contribution in [0.5, 0.6) is 0 Å². The van der Waals surface area contributed by atoms with Gasteiger partial charge in [-0.25, -0.2) is 14.2 Å². The summed E-state index contributed by atoms with van der Waals surface area (Å²) in [6.45, 7) is 3.34. The van der Waals surface area contributed by atoms with Crippen molar-refractivity contribution in [3.05, 3.63) is 110 Å². The first kappa shape index (κ1) is 25.6. The number of benzene rings is 4. The molecule has 1 amide bonds. The third kappa shape index (κ3) is 3.68. The summed E-state index contributed by atoms with van der Waals surface area (Å²) < 4.78 is 3.91. The zero-order chi connectivity index (χ0) is 28.5. The summed E-state index contributed by atoms with van der Waals surface area (Å²) >= 11 is 6.99. The number of aliphatic hydroxyl groups is 1. The highest BCUT2D eigenvalue weighted by Gasteiger charge is 2.23. The largest absolute Gasteiger partial charge is 0.386 e. The highest BCUT2D eigenvalue weighted by Crippen LogP contribution is 2.41. The molecule has 0 aliphatic heterocycles. The summed E-state index contributed by atoms with van der Waals surface area (Å²) in [4.78, 5) is 39.5. The average Bonchev–Trinajstić information content (AvgIpc) is 3.26. The van der Waals surface area contributed by atoms with E-state index in [-0.39, 0.29) is 10.7 Å². The van der Waals surface area contributed by atoms with Gasteiger partial charge in [0, 0.05) is 23.4 Å². The van der Waals surface area contributed by atoms with E-state index < -0.39 is 22.9 Å². The Morgan fingerprint density at radius 2 is 1.52 bits per heavy atom. The van der Waals surface area contributed by atoms with E-state index in [0.717, 1.165) is 15.3 Å². The normalized spacial score (nSPS) is 12.0. The molecular weight excluding hydrogens is 528 g/mol. The lowest BCUT2D eigenvalue weighted by Crippen LogP contribution is -2.38. The van der Waals surface area contributed by atoms with Gasteiger partial charge >= 0.3 is 11.7 Å². The van der Waals surface area contributed by atoms with E-state index in [9.17, 15) is 19.5 Å². The van der Waals surface area contributed by atoms with E-state index in [1.54, 1.807) is 87.6 Å². The Bertz CT molecular complexity index is 2150. The Kier molecular flexibility index (Phi) is 5.72. The molecule has 6 aromatic rings. The van der Waals surface area contributed by atoms with Gasteiger partial charge in [0.05, 0.1) is 38.2 Å². The lowest BCUT2D eigenvalue weighted by atomic mass is 9.95.